The highest BCUT2D eigenvalue weighted by Gasteiger charge is 2.22. The van der Waals surface area contributed by atoms with Crippen LogP contribution in [-0.4, -0.2) is 21.1 Å². The molecule has 0 saturated heterocycles. The number of carbonyl (C=O) groups is 1. The minimum Gasteiger partial charge on any atom is -0.497 e. The molecule has 0 saturated carbocycles. The molecule has 0 aliphatic rings. The first-order valence-electron chi connectivity index (χ1n) is 7.73. The first kappa shape index (κ1) is 18.2. The fourth-order valence-corrected chi connectivity index (χ4v) is 3.76. The molecule has 6 heteroatoms. The van der Waals surface area contributed by atoms with Crippen molar-refractivity contribution in [2.24, 2.45) is 5.73 Å². The Morgan fingerprint density at radius 1 is 1.17 bits per heavy atom. The van der Waals surface area contributed by atoms with Crippen LogP contribution in [0.2, 0.25) is 19.6 Å². The van der Waals surface area contributed by atoms with Crippen LogP contribution in [0, 0.1) is 5.82 Å². The number of ether oxygens (including phenoxy) is 1. The zero-order valence-corrected chi connectivity index (χ0v) is 15.4. The van der Waals surface area contributed by atoms with E-state index in [1.54, 1.807) is 43.5 Å². The maximum atomic E-state index is 14.2. The van der Waals surface area contributed by atoms with E-state index >= 15 is 0 Å². The Bertz CT molecular complexity index is 727. The van der Waals surface area contributed by atoms with E-state index in [2.05, 4.69) is 25.0 Å². The molecule has 1 atom stereocenters. The van der Waals surface area contributed by atoms with Gasteiger partial charge in [0.2, 0.25) is 5.91 Å². The maximum Gasteiger partial charge on any atom is 0.245 e. The molecule has 1 amide bonds. The fraction of sp³-hybridized carbons (Fsp3) is 0.278. The quantitative estimate of drug-likeness (QED) is 0.818. The van der Waals surface area contributed by atoms with Gasteiger partial charge in [0.05, 0.1) is 15.2 Å². The molecule has 0 aliphatic carbocycles. The number of halogens is 1. The standard InChI is InChI=1S/C18H23FN2O2Si/c1-23-14-8-5-12(6-9-14)17(20)18(22)21-13-7-10-16(15(19)11-13)24(2,3)4/h5-11,17H,20H2,1-4H3,(H,21,22). The van der Waals surface area contributed by atoms with Crippen LogP contribution in [0.5, 0.6) is 5.75 Å². The molecule has 3 N–H and O–H groups in total. The van der Waals surface area contributed by atoms with Gasteiger partial charge in [-0.15, -0.1) is 0 Å². The zero-order valence-electron chi connectivity index (χ0n) is 14.4. The summed E-state index contributed by atoms with van der Waals surface area (Å²) >= 11 is 0. The van der Waals surface area contributed by atoms with Crippen molar-refractivity contribution < 1.29 is 13.9 Å². The van der Waals surface area contributed by atoms with Crippen LogP contribution in [-0.2, 0) is 4.79 Å². The molecule has 0 aromatic heterocycles. The van der Waals surface area contributed by atoms with Gasteiger partial charge in [-0.2, -0.15) is 0 Å². The molecule has 1 unspecified atom stereocenters. The molecule has 2 rings (SSSR count). The summed E-state index contributed by atoms with van der Waals surface area (Å²) < 4.78 is 19.3. The lowest BCUT2D eigenvalue weighted by molar-refractivity contribution is -0.117. The predicted molar refractivity (Wildman–Crippen MR) is 97.9 cm³/mol. The summed E-state index contributed by atoms with van der Waals surface area (Å²) in [5.41, 5.74) is 7.04. The van der Waals surface area contributed by atoms with Crippen LogP contribution in [0.4, 0.5) is 10.1 Å². The molecule has 2 aromatic carbocycles. The Hall–Kier alpha value is -2.18. The smallest absolute Gasteiger partial charge is 0.245 e. The molecule has 4 nitrogen and oxygen atoms in total. The molecule has 2 aromatic rings. The lowest BCUT2D eigenvalue weighted by atomic mass is 10.1. The summed E-state index contributed by atoms with van der Waals surface area (Å²) in [5.74, 6) is 0.0145. The number of methoxy groups -OCH3 is 1. The van der Waals surface area contributed by atoms with Crippen LogP contribution in [0.3, 0.4) is 0 Å². The molecule has 0 fully saturated rings. The average Bonchev–Trinajstić information content (AvgIpc) is 2.53. The fourth-order valence-electron chi connectivity index (χ4n) is 2.38. The number of amides is 1. The van der Waals surface area contributed by atoms with Gasteiger partial charge in [-0.3, -0.25) is 4.79 Å². The van der Waals surface area contributed by atoms with Crippen molar-refractivity contribution >= 4 is 24.9 Å². The molecule has 0 bridgehead atoms. The summed E-state index contributed by atoms with van der Waals surface area (Å²) in [6, 6.07) is 10.9. The Morgan fingerprint density at radius 3 is 2.29 bits per heavy atom. The number of hydrogen-bond donors (Lipinski definition) is 2. The van der Waals surface area contributed by atoms with E-state index in [0.717, 1.165) is 5.19 Å². The van der Waals surface area contributed by atoms with Crippen molar-refractivity contribution in [2.75, 3.05) is 12.4 Å². The van der Waals surface area contributed by atoms with Crippen molar-refractivity contribution in [3.63, 3.8) is 0 Å². The summed E-state index contributed by atoms with van der Waals surface area (Å²) in [4.78, 5) is 12.3. The number of anilines is 1. The Kier molecular flexibility index (Phi) is 5.41. The summed E-state index contributed by atoms with van der Waals surface area (Å²) in [6.45, 7) is 6.22. The monoisotopic (exact) mass is 346 g/mol. The maximum absolute atomic E-state index is 14.2. The SMILES string of the molecule is COc1ccc(C(N)C(=O)Nc2ccc([Si](C)(C)C)c(F)c2)cc1. The van der Waals surface area contributed by atoms with Gasteiger partial charge in [0.15, 0.2) is 0 Å². The highest BCUT2D eigenvalue weighted by Crippen LogP contribution is 2.18. The number of rotatable bonds is 5. The van der Waals surface area contributed by atoms with Gasteiger partial charge in [0.1, 0.15) is 17.6 Å². The molecule has 128 valence electrons. The third kappa shape index (κ3) is 4.21. The second kappa shape index (κ2) is 7.15. The van der Waals surface area contributed by atoms with Gasteiger partial charge >= 0.3 is 0 Å². The van der Waals surface area contributed by atoms with E-state index < -0.39 is 14.1 Å². The molecule has 0 aliphatic heterocycles. The van der Waals surface area contributed by atoms with E-state index in [4.69, 9.17) is 10.5 Å². The third-order valence-electron chi connectivity index (χ3n) is 3.80. The molecule has 0 radical (unpaired) electrons. The Labute approximate surface area is 142 Å². The molecular weight excluding hydrogens is 323 g/mol. The van der Waals surface area contributed by atoms with Crippen LogP contribution in [0.25, 0.3) is 0 Å². The minimum absolute atomic E-state index is 0.287. The summed E-state index contributed by atoms with van der Waals surface area (Å²) in [7, 11) is -0.179. The average molecular weight is 346 g/mol. The summed E-state index contributed by atoms with van der Waals surface area (Å²) in [6.07, 6.45) is 0. The highest BCUT2D eigenvalue weighted by molar-refractivity contribution is 6.88. The number of benzene rings is 2. The molecule has 24 heavy (non-hydrogen) atoms. The van der Waals surface area contributed by atoms with Gasteiger partial charge in [0.25, 0.3) is 0 Å². The number of nitrogens with one attached hydrogen (secondary N) is 1. The van der Waals surface area contributed by atoms with Crippen LogP contribution in [0.15, 0.2) is 42.5 Å². The van der Waals surface area contributed by atoms with Crippen molar-refractivity contribution in [3.8, 4) is 5.75 Å². The first-order valence-corrected chi connectivity index (χ1v) is 11.2. The van der Waals surface area contributed by atoms with E-state index in [0.29, 0.717) is 17.0 Å². The lowest BCUT2D eigenvalue weighted by Gasteiger charge is -2.19. The van der Waals surface area contributed by atoms with E-state index in [-0.39, 0.29) is 11.7 Å². The predicted octanol–water partition coefficient (Wildman–Crippen LogP) is 3.02. The zero-order chi connectivity index (χ0) is 17.9. The highest BCUT2D eigenvalue weighted by atomic mass is 28.3. The van der Waals surface area contributed by atoms with Crippen molar-refractivity contribution in [1.82, 2.24) is 0 Å². The molecular formula is C18H23FN2O2Si. The van der Waals surface area contributed by atoms with E-state index in [1.165, 1.54) is 6.07 Å². The van der Waals surface area contributed by atoms with Crippen molar-refractivity contribution in [2.45, 2.75) is 25.7 Å². The van der Waals surface area contributed by atoms with Gasteiger partial charge in [0, 0.05) is 5.69 Å². The third-order valence-corrected chi connectivity index (χ3v) is 5.82. The second-order valence-corrected chi connectivity index (χ2v) is 11.7. The largest absolute Gasteiger partial charge is 0.497 e. The van der Waals surface area contributed by atoms with Crippen molar-refractivity contribution in [1.29, 1.82) is 0 Å². The van der Waals surface area contributed by atoms with E-state index in [9.17, 15) is 9.18 Å². The van der Waals surface area contributed by atoms with Gasteiger partial charge < -0.3 is 15.8 Å². The van der Waals surface area contributed by atoms with Crippen molar-refractivity contribution in [3.05, 3.63) is 53.8 Å². The normalized spacial score (nSPS) is 12.6. The van der Waals surface area contributed by atoms with Crippen LogP contribution >= 0.6 is 0 Å². The molecule has 0 spiro atoms. The second-order valence-electron chi connectivity index (χ2n) is 6.68. The number of carbonyl (C=O) groups excluding carboxylic acids is 1. The molecule has 0 heterocycles. The van der Waals surface area contributed by atoms with Crippen LogP contribution < -0.4 is 21.0 Å². The Morgan fingerprint density at radius 2 is 1.79 bits per heavy atom. The topological polar surface area (TPSA) is 64.3 Å². The van der Waals surface area contributed by atoms with Gasteiger partial charge in [-0.1, -0.05) is 37.8 Å². The summed E-state index contributed by atoms with van der Waals surface area (Å²) in [5, 5.41) is 3.40. The number of hydrogen-bond acceptors (Lipinski definition) is 3. The lowest BCUT2D eigenvalue weighted by Crippen LogP contribution is -2.40. The number of nitrogens with two attached hydrogens (primary N) is 1. The van der Waals surface area contributed by atoms with E-state index in [1.807, 2.05) is 0 Å². The van der Waals surface area contributed by atoms with Crippen LogP contribution in [0.1, 0.15) is 11.6 Å². The first-order chi connectivity index (χ1) is 11.2. The Balaban J connectivity index is 2.12. The minimum atomic E-state index is -1.75. The van der Waals surface area contributed by atoms with Gasteiger partial charge in [-0.25, -0.2) is 4.39 Å². The van der Waals surface area contributed by atoms with Gasteiger partial charge in [-0.05, 0) is 35.0 Å².